The first-order valence-corrected chi connectivity index (χ1v) is 13.6. The summed E-state index contributed by atoms with van der Waals surface area (Å²) in [7, 11) is 3.12. The number of ether oxygens (including phenoxy) is 3. The highest BCUT2D eigenvalue weighted by Gasteiger charge is 2.19. The monoisotopic (exact) mass is 575 g/mol. The molecule has 0 fully saturated rings. The van der Waals surface area contributed by atoms with Crippen LogP contribution in [0.4, 0.5) is 5.69 Å². The van der Waals surface area contributed by atoms with Crippen molar-refractivity contribution in [3.8, 4) is 17.2 Å². The van der Waals surface area contributed by atoms with Crippen LogP contribution in [0.3, 0.4) is 0 Å². The standard InChI is InChI=1S/C29H29N5O6S/c1-4-40-28(37)20-9-13-21(14-10-20)31-26(35)18-41-29-33-32-25(34(29)23-7-5-6-8-24(23)39-3)17-30-27(36)19-11-15-22(38-2)16-12-19/h5-16H,4,17-18H2,1-3H3,(H,30,36)(H,31,35). The van der Waals surface area contributed by atoms with Gasteiger partial charge in [-0.3, -0.25) is 14.2 Å². The van der Waals surface area contributed by atoms with Gasteiger partial charge in [0.2, 0.25) is 5.91 Å². The van der Waals surface area contributed by atoms with Gasteiger partial charge in [0.1, 0.15) is 11.5 Å². The Hall–Kier alpha value is -4.84. The topological polar surface area (TPSA) is 134 Å². The number of para-hydroxylation sites is 2. The van der Waals surface area contributed by atoms with Crippen molar-refractivity contribution in [1.29, 1.82) is 0 Å². The minimum Gasteiger partial charge on any atom is -0.497 e. The SMILES string of the molecule is CCOC(=O)c1ccc(NC(=O)CSc2nnc(CNC(=O)c3ccc(OC)cc3)n2-c2ccccc2OC)cc1. The molecule has 0 spiro atoms. The number of methoxy groups -OCH3 is 2. The van der Waals surface area contributed by atoms with Crippen molar-refractivity contribution in [2.45, 2.75) is 18.6 Å². The molecule has 212 valence electrons. The molecule has 41 heavy (non-hydrogen) atoms. The van der Waals surface area contributed by atoms with E-state index >= 15 is 0 Å². The number of hydrogen-bond acceptors (Lipinski definition) is 9. The van der Waals surface area contributed by atoms with E-state index in [-0.39, 0.29) is 30.7 Å². The van der Waals surface area contributed by atoms with Crippen LogP contribution < -0.4 is 20.1 Å². The van der Waals surface area contributed by atoms with E-state index in [4.69, 9.17) is 14.2 Å². The number of amides is 2. The number of aromatic nitrogens is 3. The lowest BCUT2D eigenvalue weighted by Gasteiger charge is -2.14. The molecule has 0 saturated carbocycles. The Bertz CT molecular complexity index is 1510. The quantitative estimate of drug-likeness (QED) is 0.189. The Morgan fingerprint density at radius 3 is 2.27 bits per heavy atom. The third kappa shape index (κ3) is 7.42. The minimum absolute atomic E-state index is 0.0329. The van der Waals surface area contributed by atoms with Crippen molar-refractivity contribution in [3.05, 3.63) is 89.7 Å². The van der Waals surface area contributed by atoms with Crippen molar-refractivity contribution < 1.29 is 28.6 Å². The fourth-order valence-corrected chi connectivity index (χ4v) is 4.56. The second-order valence-corrected chi connectivity index (χ2v) is 9.39. The Morgan fingerprint density at radius 2 is 1.59 bits per heavy atom. The molecule has 2 N–H and O–H groups in total. The molecule has 0 aliphatic rings. The maximum absolute atomic E-state index is 12.8. The van der Waals surface area contributed by atoms with E-state index < -0.39 is 5.97 Å². The molecule has 0 saturated heterocycles. The average molecular weight is 576 g/mol. The highest BCUT2D eigenvalue weighted by Crippen LogP contribution is 2.29. The summed E-state index contributed by atoms with van der Waals surface area (Å²) in [5, 5.41) is 14.7. The van der Waals surface area contributed by atoms with Crippen molar-refractivity contribution in [3.63, 3.8) is 0 Å². The molecule has 2 amide bonds. The van der Waals surface area contributed by atoms with Crippen LogP contribution in [0.5, 0.6) is 11.5 Å². The highest BCUT2D eigenvalue weighted by molar-refractivity contribution is 7.99. The number of rotatable bonds is 12. The van der Waals surface area contributed by atoms with Gasteiger partial charge < -0.3 is 24.8 Å². The zero-order valence-electron chi connectivity index (χ0n) is 22.7. The number of thioether (sulfide) groups is 1. The first-order valence-electron chi connectivity index (χ1n) is 12.6. The molecule has 4 aromatic rings. The van der Waals surface area contributed by atoms with Crippen LogP contribution in [0.1, 0.15) is 33.5 Å². The highest BCUT2D eigenvalue weighted by atomic mass is 32.2. The molecule has 0 atom stereocenters. The number of nitrogens with zero attached hydrogens (tertiary/aromatic N) is 3. The molecule has 0 aliphatic carbocycles. The lowest BCUT2D eigenvalue weighted by Crippen LogP contribution is -2.24. The molecular formula is C29H29N5O6S. The molecular weight excluding hydrogens is 546 g/mol. The second-order valence-electron chi connectivity index (χ2n) is 8.45. The fraction of sp³-hybridized carbons (Fsp3) is 0.207. The largest absolute Gasteiger partial charge is 0.497 e. The molecule has 11 nitrogen and oxygen atoms in total. The van der Waals surface area contributed by atoms with E-state index in [1.165, 1.54) is 11.8 Å². The van der Waals surface area contributed by atoms with Gasteiger partial charge in [0.05, 0.1) is 44.4 Å². The number of hydrogen-bond donors (Lipinski definition) is 2. The second kappa shape index (κ2) is 14.0. The molecule has 1 aromatic heterocycles. The summed E-state index contributed by atoms with van der Waals surface area (Å²) in [6, 6.07) is 20.5. The molecule has 0 bridgehead atoms. The van der Waals surface area contributed by atoms with Crippen LogP contribution in [-0.2, 0) is 16.1 Å². The third-order valence-electron chi connectivity index (χ3n) is 5.80. The normalized spacial score (nSPS) is 10.5. The Balaban J connectivity index is 1.48. The van der Waals surface area contributed by atoms with Crippen molar-refractivity contribution in [2.75, 3.05) is 31.9 Å². The summed E-state index contributed by atoms with van der Waals surface area (Å²) in [6.07, 6.45) is 0. The van der Waals surface area contributed by atoms with E-state index in [1.807, 2.05) is 18.2 Å². The van der Waals surface area contributed by atoms with E-state index in [2.05, 4.69) is 20.8 Å². The molecule has 0 aliphatic heterocycles. The summed E-state index contributed by atoms with van der Waals surface area (Å²) >= 11 is 1.18. The zero-order chi connectivity index (χ0) is 29.2. The first kappa shape index (κ1) is 29.2. The van der Waals surface area contributed by atoms with Crippen LogP contribution in [-0.4, -0.2) is 59.1 Å². The number of nitrogens with one attached hydrogen (secondary N) is 2. The van der Waals surface area contributed by atoms with Gasteiger partial charge in [0, 0.05) is 11.3 Å². The summed E-state index contributed by atoms with van der Waals surface area (Å²) in [4.78, 5) is 37.3. The molecule has 0 unspecified atom stereocenters. The summed E-state index contributed by atoms with van der Waals surface area (Å²) in [6.45, 7) is 2.10. The van der Waals surface area contributed by atoms with Crippen molar-refractivity contribution >= 4 is 35.2 Å². The molecule has 0 radical (unpaired) electrons. The van der Waals surface area contributed by atoms with E-state index in [9.17, 15) is 14.4 Å². The first-order chi connectivity index (χ1) is 19.9. The lowest BCUT2D eigenvalue weighted by atomic mass is 10.2. The van der Waals surface area contributed by atoms with Crippen LogP contribution in [0.2, 0.25) is 0 Å². The Morgan fingerprint density at radius 1 is 0.878 bits per heavy atom. The van der Waals surface area contributed by atoms with E-state index in [0.29, 0.717) is 45.0 Å². The van der Waals surface area contributed by atoms with Crippen LogP contribution in [0.15, 0.2) is 78.0 Å². The minimum atomic E-state index is -0.424. The zero-order valence-corrected chi connectivity index (χ0v) is 23.6. The van der Waals surface area contributed by atoms with Gasteiger partial charge in [-0.1, -0.05) is 23.9 Å². The molecule has 4 rings (SSSR count). The van der Waals surface area contributed by atoms with Crippen LogP contribution >= 0.6 is 11.8 Å². The van der Waals surface area contributed by atoms with Gasteiger partial charge in [0.15, 0.2) is 11.0 Å². The summed E-state index contributed by atoms with van der Waals surface area (Å²) in [5.41, 5.74) is 2.06. The van der Waals surface area contributed by atoms with Gasteiger partial charge in [-0.2, -0.15) is 0 Å². The Kier molecular flexibility index (Phi) is 9.94. The van der Waals surface area contributed by atoms with Gasteiger partial charge in [-0.15, -0.1) is 10.2 Å². The third-order valence-corrected chi connectivity index (χ3v) is 6.73. The number of anilines is 1. The number of carbonyl (C=O) groups excluding carboxylic acids is 3. The maximum Gasteiger partial charge on any atom is 0.338 e. The van der Waals surface area contributed by atoms with Gasteiger partial charge in [-0.25, -0.2) is 4.79 Å². The number of esters is 1. The van der Waals surface area contributed by atoms with Gasteiger partial charge in [0.25, 0.3) is 5.91 Å². The van der Waals surface area contributed by atoms with Crippen LogP contribution in [0.25, 0.3) is 5.69 Å². The molecule has 12 heteroatoms. The van der Waals surface area contributed by atoms with Gasteiger partial charge >= 0.3 is 5.97 Å². The van der Waals surface area contributed by atoms with E-state index in [1.54, 1.807) is 80.3 Å². The maximum atomic E-state index is 12.8. The summed E-state index contributed by atoms with van der Waals surface area (Å²) in [5.74, 6) is 0.722. The van der Waals surface area contributed by atoms with Crippen molar-refractivity contribution in [1.82, 2.24) is 20.1 Å². The number of carbonyl (C=O) groups is 3. The summed E-state index contributed by atoms with van der Waals surface area (Å²) < 4.78 is 17.4. The molecule has 1 heterocycles. The number of benzene rings is 3. The van der Waals surface area contributed by atoms with Gasteiger partial charge in [-0.05, 0) is 67.6 Å². The predicted molar refractivity (Wildman–Crippen MR) is 154 cm³/mol. The average Bonchev–Trinajstić information content (AvgIpc) is 3.41. The lowest BCUT2D eigenvalue weighted by molar-refractivity contribution is -0.113. The Labute approximate surface area is 241 Å². The predicted octanol–water partition coefficient (Wildman–Crippen LogP) is 4.12. The van der Waals surface area contributed by atoms with Crippen LogP contribution in [0, 0.1) is 0 Å². The van der Waals surface area contributed by atoms with E-state index in [0.717, 1.165) is 0 Å². The fourth-order valence-electron chi connectivity index (χ4n) is 3.80. The van der Waals surface area contributed by atoms with Crippen molar-refractivity contribution in [2.24, 2.45) is 0 Å². The smallest absolute Gasteiger partial charge is 0.338 e. The molecule has 3 aromatic carbocycles.